The smallest absolute Gasteiger partial charge is 0.218 e. The Morgan fingerprint density at radius 3 is 2.95 bits per heavy atom. The molecule has 0 saturated carbocycles. The highest BCUT2D eigenvalue weighted by Crippen LogP contribution is 2.21. The van der Waals surface area contributed by atoms with Crippen molar-refractivity contribution in [2.45, 2.75) is 0 Å². The minimum atomic E-state index is 0.487. The van der Waals surface area contributed by atoms with Crippen LogP contribution in [0.25, 0.3) is 0 Å². The van der Waals surface area contributed by atoms with E-state index in [9.17, 15) is 0 Å². The van der Waals surface area contributed by atoms with Gasteiger partial charge in [0.05, 0.1) is 7.11 Å². The van der Waals surface area contributed by atoms with E-state index in [4.69, 9.17) is 15.2 Å². The summed E-state index contributed by atoms with van der Waals surface area (Å²) in [4.78, 5) is 8.06. The number of methoxy groups -OCH3 is 1. The molecule has 0 spiro atoms. The first-order chi connectivity index (χ1) is 9.31. The number of ether oxygens (including phenoxy) is 2. The minimum Gasteiger partial charge on any atom is -0.492 e. The Kier molecular flexibility index (Phi) is 4.52. The van der Waals surface area contributed by atoms with Crippen molar-refractivity contribution in [3.05, 3.63) is 36.7 Å². The van der Waals surface area contributed by atoms with Crippen LogP contribution < -0.4 is 20.5 Å². The van der Waals surface area contributed by atoms with Crippen molar-refractivity contribution < 1.29 is 9.47 Å². The number of rotatable bonds is 6. The standard InChI is InChI=1S/C13H16N4O2/c1-18-13-8-12(15-9-16-13)17-10-3-2-4-11(7-10)19-6-5-14/h2-4,7-9H,5-6,14H2,1H3,(H,15,16,17). The molecule has 6 nitrogen and oxygen atoms in total. The minimum absolute atomic E-state index is 0.487. The van der Waals surface area contributed by atoms with Gasteiger partial charge >= 0.3 is 0 Å². The number of aromatic nitrogens is 2. The molecule has 1 aromatic carbocycles. The van der Waals surface area contributed by atoms with Crippen LogP contribution in [0.15, 0.2) is 36.7 Å². The first kappa shape index (κ1) is 13.1. The lowest BCUT2D eigenvalue weighted by Gasteiger charge is -2.09. The molecule has 3 N–H and O–H groups in total. The Bertz CT molecular complexity index is 534. The maximum Gasteiger partial charge on any atom is 0.218 e. The van der Waals surface area contributed by atoms with E-state index in [1.807, 2.05) is 24.3 Å². The van der Waals surface area contributed by atoms with E-state index >= 15 is 0 Å². The summed E-state index contributed by atoms with van der Waals surface area (Å²) < 4.78 is 10.5. The van der Waals surface area contributed by atoms with Crippen LogP contribution in [-0.2, 0) is 0 Å². The summed E-state index contributed by atoms with van der Waals surface area (Å²) in [5.41, 5.74) is 6.27. The summed E-state index contributed by atoms with van der Waals surface area (Å²) in [5.74, 6) is 1.92. The Hall–Kier alpha value is -2.34. The highest BCUT2D eigenvalue weighted by Gasteiger charge is 2.01. The average molecular weight is 260 g/mol. The van der Waals surface area contributed by atoms with Crippen LogP contribution in [0.4, 0.5) is 11.5 Å². The van der Waals surface area contributed by atoms with Crippen LogP contribution >= 0.6 is 0 Å². The van der Waals surface area contributed by atoms with Crippen molar-refractivity contribution in [1.82, 2.24) is 9.97 Å². The molecule has 0 bridgehead atoms. The van der Waals surface area contributed by atoms with Gasteiger partial charge in [0, 0.05) is 24.4 Å². The lowest BCUT2D eigenvalue weighted by Crippen LogP contribution is -2.10. The second kappa shape index (κ2) is 6.55. The number of nitrogens with one attached hydrogen (secondary N) is 1. The molecule has 0 radical (unpaired) electrons. The van der Waals surface area contributed by atoms with E-state index in [0.717, 1.165) is 11.4 Å². The Labute approximate surface area is 111 Å². The topological polar surface area (TPSA) is 82.3 Å². The predicted octanol–water partition coefficient (Wildman–Crippen LogP) is 1.57. The molecule has 1 heterocycles. The fourth-order valence-corrected chi connectivity index (χ4v) is 1.51. The highest BCUT2D eigenvalue weighted by atomic mass is 16.5. The zero-order valence-corrected chi connectivity index (χ0v) is 10.7. The quantitative estimate of drug-likeness (QED) is 0.820. The first-order valence-corrected chi connectivity index (χ1v) is 5.88. The number of hydrogen-bond acceptors (Lipinski definition) is 6. The van der Waals surface area contributed by atoms with Gasteiger partial charge in [-0.25, -0.2) is 9.97 Å². The van der Waals surface area contributed by atoms with Gasteiger partial charge < -0.3 is 20.5 Å². The second-order valence-electron chi connectivity index (χ2n) is 3.74. The molecule has 0 saturated heterocycles. The summed E-state index contributed by atoms with van der Waals surface area (Å²) >= 11 is 0. The third kappa shape index (κ3) is 3.82. The highest BCUT2D eigenvalue weighted by molar-refractivity contribution is 5.58. The van der Waals surface area contributed by atoms with Gasteiger partial charge in [0.25, 0.3) is 0 Å². The Morgan fingerprint density at radius 2 is 2.16 bits per heavy atom. The van der Waals surface area contributed by atoms with E-state index < -0.39 is 0 Å². The van der Waals surface area contributed by atoms with Gasteiger partial charge in [0.1, 0.15) is 24.5 Å². The van der Waals surface area contributed by atoms with Crippen LogP contribution in [0.2, 0.25) is 0 Å². The molecule has 1 aromatic heterocycles. The largest absolute Gasteiger partial charge is 0.492 e. The van der Waals surface area contributed by atoms with Crippen molar-refractivity contribution in [2.75, 3.05) is 25.6 Å². The molecule has 0 unspecified atom stereocenters. The van der Waals surface area contributed by atoms with Crippen molar-refractivity contribution in [3.8, 4) is 11.6 Å². The molecular formula is C13H16N4O2. The number of anilines is 2. The molecular weight excluding hydrogens is 244 g/mol. The molecule has 6 heteroatoms. The van der Waals surface area contributed by atoms with Gasteiger partial charge in [-0.05, 0) is 12.1 Å². The summed E-state index contributed by atoms with van der Waals surface area (Å²) in [6.45, 7) is 0.978. The van der Waals surface area contributed by atoms with Gasteiger partial charge in [-0.2, -0.15) is 0 Å². The molecule has 0 aliphatic rings. The summed E-state index contributed by atoms with van der Waals surface area (Å²) in [6.07, 6.45) is 1.44. The molecule has 19 heavy (non-hydrogen) atoms. The van der Waals surface area contributed by atoms with Crippen molar-refractivity contribution in [2.24, 2.45) is 5.73 Å². The maximum absolute atomic E-state index is 5.46. The third-order valence-corrected chi connectivity index (χ3v) is 2.34. The van der Waals surface area contributed by atoms with Crippen LogP contribution in [0.5, 0.6) is 11.6 Å². The normalized spacial score (nSPS) is 10.0. The van der Waals surface area contributed by atoms with Crippen molar-refractivity contribution in [3.63, 3.8) is 0 Å². The van der Waals surface area contributed by atoms with Gasteiger partial charge in [-0.15, -0.1) is 0 Å². The Morgan fingerprint density at radius 1 is 1.26 bits per heavy atom. The average Bonchev–Trinajstić information content (AvgIpc) is 2.46. The van der Waals surface area contributed by atoms with Gasteiger partial charge in [-0.1, -0.05) is 6.07 Å². The maximum atomic E-state index is 5.46. The van der Waals surface area contributed by atoms with E-state index in [0.29, 0.717) is 24.8 Å². The summed E-state index contributed by atoms with van der Waals surface area (Å²) in [7, 11) is 1.56. The Balaban J connectivity index is 2.09. The molecule has 0 amide bonds. The predicted molar refractivity (Wildman–Crippen MR) is 72.9 cm³/mol. The van der Waals surface area contributed by atoms with Crippen LogP contribution in [0.3, 0.4) is 0 Å². The fraction of sp³-hybridized carbons (Fsp3) is 0.231. The zero-order chi connectivity index (χ0) is 13.5. The molecule has 100 valence electrons. The van der Waals surface area contributed by atoms with Gasteiger partial charge in [0.2, 0.25) is 5.88 Å². The van der Waals surface area contributed by atoms with Crippen LogP contribution in [0.1, 0.15) is 0 Å². The van der Waals surface area contributed by atoms with E-state index in [-0.39, 0.29) is 0 Å². The number of nitrogens with two attached hydrogens (primary N) is 1. The molecule has 0 atom stereocenters. The summed E-state index contributed by atoms with van der Waals surface area (Å²) in [5, 5.41) is 3.15. The summed E-state index contributed by atoms with van der Waals surface area (Å²) in [6, 6.07) is 9.29. The lowest BCUT2D eigenvalue weighted by atomic mass is 10.3. The van der Waals surface area contributed by atoms with Gasteiger partial charge in [0.15, 0.2) is 0 Å². The monoisotopic (exact) mass is 260 g/mol. The van der Waals surface area contributed by atoms with Crippen molar-refractivity contribution >= 4 is 11.5 Å². The zero-order valence-electron chi connectivity index (χ0n) is 10.7. The third-order valence-electron chi connectivity index (χ3n) is 2.34. The second-order valence-corrected chi connectivity index (χ2v) is 3.74. The molecule has 2 rings (SSSR count). The number of nitrogens with zero attached hydrogens (tertiary/aromatic N) is 2. The lowest BCUT2D eigenvalue weighted by molar-refractivity contribution is 0.328. The van der Waals surface area contributed by atoms with E-state index in [1.165, 1.54) is 6.33 Å². The SMILES string of the molecule is COc1cc(Nc2cccc(OCCN)c2)ncn1. The number of hydrogen-bond donors (Lipinski definition) is 2. The van der Waals surface area contributed by atoms with Gasteiger partial charge in [-0.3, -0.25) is 0 Å². The van der Waals surface area contributed by atoms with E-state index in [1.54, 1.807) is 13.2 Å². The van der Waals surface area contributed by atoms with Crippen LogP contribution in [0, 0.1) is 0 Å². The first-order valence-electron chi connectivity index (χ1n) is 5.88. The molecule has 0 aliphatic heterocycles. The molecule has 0 fully saturated rings. The molecule has 2 aromatic rings. The fourth-order valence-electron chi connectivity index (χ4n) is 1.51. The van der Waals surface area contributed by atoms with E-state index in [2.05, 4.69) is 15.3 Å². The van der Waals surface area contributed by atoms with Crippen LogP contribution in [-0.4, -0.2) is 30.2 Å². The number of benzene rings is 1. The van der Waals surface area contributed by atoms with Crippen molar-refractivity contribution in [1.29, 1.82) is 0 Å². The molecule has 0 aliphatic carbocycles.